The Bertz CT molecular complexity index is 388. The summed E-state index contributed by atoms with van der Waals surface area (Å²) in [5.74, 6) is 0.111. The summed E-state index contributed by atoms with van der Waals surface area (Å²) >= 11 is 5.90. The monoisotopic (exact) mass is 238 g/mol. The van der Waals surface area contributed by atoms with E-state index in [9.17, 15) is 4.79 Å². The molecule has 0 saturated carbocycles. The van der Waals surface area contributed by atoms with Crippen molar-refractivity contribution in [3.8, 4) is 0 Å². The third-order valence-electron chi connectivity index (χ3n) is 2.88. The number of nitrogens with zero attached hydrogens (tertiary/aromatic N) is 1. The second-order valence-corrected chi connectivity index (χ2v) is 4.46. The summed E-state index contributed by atoms with van der Waals surface area (Å²) in [5, 5.41) is 3.85. The van der Waals surface area contributed by atoms with Gasteiger partial charge in [0.05, 0.1) is 6.04 Å². The molecule has 2 rings (SSSR count). The molecule has 1 saturated heterocycles. The number of amides is 1. The van der Waals surface area contributed by atoms with Crippen LogP contribution in [-0.4, -0.2) is 25.5 Å². The molecule has 0 radical (unpaired) electrons. The molecule has 0 spiro atoms. The molecule has 16 heavy (non-hydrogen) atoms. The molecule has 1 aliphatic heterocycles. The van der Waals surface area contributed by atoms with Crippen LogP contribution in [0.2, 0.25) is 5.02 Å². The Hall–Kier alpha value is -1.06. The quantitative estimate of drug-likeness (QED) is 0.856. The number of likely N-dealkylation sites (N-methyl/N-ethyl adjacent to an activating group) is 1. The minimum absolute atomic E-state index is 0.0380. The molecule has 86 valence electrons. The summed E-state index contributed by atoms with van der Waals surface area (Å²) in [5.41, 5.74) is 0.839. The minimum Gasteiger partial charge on any atom is -0.314 e. The fourth-order valence-electron chi connectivity index (χ4n) is 1.94. The highest BCUT2D eigenvalue weighted by Crippen LogP contribution is 2.20. The Morgan fingerprint density at radius 3 is 3.00 bits per heavy atom. The number of benzene rings is 1. The van der Waals surface area contributed by atoms with Crippen LogP contribution >= 0.6 is 11.6 Å². The van der Waals surface area contributed by atoms with Crippen molar-refractivity contribution in [2.45, 2.75) is 18.9 Å². The molecule has 1 aromatic carbocycles. The van der Waals surface area contributed by atoms with Gasteiger partial charge in [0, 0.05) is 17.8 Å². The lowest BCUT2D eigenvalue weighted by Gasteiger charge is -2.21. The third kappa shape index (κ3) is 2.36. The maximum absolute atomic E-state index is 12.1. The predicted octanol–water partition coefficient (Wildman–Crippen LogP) is 2.05. The highest BCUT2D eigenvalue weighted by molar-refractivity contribution is 6.30. The number of rotatable bonds is 2. The van der Waals surface area contributed by atoms with Crippen LogP contribution in [0.15, 0.2) is 24.3 Å². The summed E-state index contributed by atoms with van der Waals surface area (Å²) in [7, 11) is 1.79. The lowest BCUT2D eigenvalue weighted by molar-refractivity contribution is -0.119. The van der Waals surface area contributed by atoms with E-state index in [4.69, 9.17) is 11.6 Å². The molecule has 3 nitrogen and oxygen atoms in total. The number of halogens is 1. The van der Waals surface area contributed by atoms with Crippen LogP contribution in [0.25, 0.3) is 0 Å². The lowest BCUT2D eigenvalue weighted by atomic mass is 10.2. The van der Waals surface area contributed by atoms with E-state index in [0.717, 1.165) is 25.1 Å². The zero-order valence-corrected chi connectivity index (χ0v) is 10.00. The Morgan fingerprint density at radius 2 is 2.38 bits per heavy atom. The van der Waals surface area contributed by atoms with E-state index in [-0.39, 0.29) is 11.9 Å². The molecule has 1 amide bonds. The molecular weight excluding hydrogens is 224 g/mol. The first-order chi connectivity index (χ1) is 7.68. The molecule has 1 fully saturated rings. The zero-order chi connectivity index (χ0) is 11.5. The van der Waals surface area contributed by atoms with E-state index in [0.29, 0.717) is 5.02 Å². The van der Waals surface area contributed by atoms with Gasteiger partial charge in [0.1, 0.15) is 0 Å². The SMILES string of the molecule is CN(C(=O)C1CCCN1)c1cccc(Cl)c1. The number of nitrogens with one attached hydrogen (secondary N) is 1. The van der Waals surface area contributed by atoms with Crippen LogP contribution in [0, 0.1) is 0 Å². The van der Waals surface area contributed by atoms with Gasteiger partial charge in [-0.1, -0.05) is 17.7 Å². The van der Waals surface area contributed by atoms with Gasteiger partial charge in [-0.05, 0) is 37.6 Å². The summed E-state index contributed by atoms with van der Waals surface area (Å²) < 4.78 is 0. The highest BCUT2D eigenvalue weighted by Gasteiger charge is 2.25. The van der Waals surface area contributed by atoms with Gasteiger partial charge in [0.15, 0.2) is 0 Å². The van der Waals surface area contributed by atoms with E-state index in [1.54, 1.807) is 24.1 Å². The van der Waals surface area contributed by atoms with Gasteiger partial charge in [-0.2, -0.15) is 0 Å². The second-order valence-electron chi connectivity index (χ2n) is 4.03. The topological polar surface area (TPSA) is 32.3 Å². The van der Waals surface area contributed by atoms with E-state index in [1.807, 2.05) is 12.1 Å². The molecule has 0 bridgehead atoms. The number of anilines is 1. The minimum atomic E-state index is -0.0380. The molecular formula is C12H15ClN2O. The van der Waals surface area contributed by atoms with Crippen molar-refractivity contribution >= 4 is 23.2 Å². The first-order valence-corrected chi connectivity index (χ1v) is 5.83. The summed E-state index contributed by atoms with van der Waals surface area (Å²) in [6, 6.07) is 7.30. The molecule has 0 aliphatic carbocycles. The Morgan fingerprint density at radius 1 is 1.56 bits per heavy atom. The van der Waals surface area contributed by atoms with Crippen LogP contribution in [0.5, 0.6) is 0 Å². The number of carbonyl (C=O) groups excluding carboxylic acids is 1. The fourth-order valence-corrected chi connectivity index (χ4v) is 2.13. The number of hydrogen-bond donors (Lipinski definition) is 1. The van der Waals surface area contributed by atoms with Crippen molar-refractivity contribution in [3.05, 3.63) is 29.3 Å². The van der Waals surface area contributed by atoms with Gasteiger partial charge in [0.2, 0.25) is 5.91 Å². The number of hydrogen-bond acceptors (Lipinski definition) is 2. The Balaban J connectivity index is 2.11. The fraction of sp³-hybridized carbons (Fsp3) is 0.417. The van der Waals surface area contributed by atoms with Crippen molar-refractivity contribution in [2.75, 3.05) is 18.5 Å². The van der Waals surface area contributed by atoms with Gasteiger partial charge in [-0.3, -0.25) is 4.79 Å². The molecule has 1 aliphatic rings. The summed E-state index contributed by atoms with van der Waals surface area (Å²) in [6.07, 6.45) is 1.99. The first kappa shape index (κ1) is 11.4. The maximum atomic E-state index is 12.1. The van der Waals surface area contributed by atoms with E-state index < -0.39 is 0 Å². The first-order valence-electron chi connectivity index (χ1n) is 5.45. The molecule has 1 N–H and O–H groups in total. The van der Waals surface area contributed by atoms with Gasteiger partial charge in [-0.15, -0.1) is 0 Å². The molecule has 1 atom stereocenters. The van der Waals surface area contributed by atoms with Crippen LogP contribution in [-0.2, 0) is 4.79 Å². The van der Waals surface area contributed by atoms with Crippen LogP contribution in [0.1, 0.15) is 12.8 Å². The third-order valence-corrected chi connectivity index (χ3v) is 3.12. The molecule has 1 unspecified atom stereocenters. The zero-order valence-electron chi connectivity index (χ0n) is 9.24. The highest BCUT2D eigenvalue weighted by atomic mass is 35.5. The smallest absolute Gasteiger partial charge is 0.243 e. The largest absolute Gasteiger partial charge is 0.314 e. The predicted molar refractivity (Wildman–Crippen MR) is 65.9 cm³/mol. The maximum Gasteiger partial charge on any atom is 0.243 e. The van der Waals surface area contributed by atoms with E-state index >= 15 is 0 Å². The van der Waals surface area contributed by atoms with Gasteiger partial charge in [0.25, 0.3) is 0 Å². The van der Waals surface area contributed by atoms with Crippen LogP contribution in [0.4, 0.5) is 5.69 Å². The van der Waals surface area contributed by atoms with Crippen LogP contribution < -0.4 is 10.2 Å². The van der Waals surface area contributed by atoms with Crippen molar-refractivity contribution < 1.29 is 4.79 Å². The van der Waals surface area contributed by atoms with Crippen molar-refractivity contribution in [2.24, 2.45) is 0 Å². The lowest BCUT2D eigenvalue weighted by Crippen LogP contribution is -2.41. The van der Waals surface area contributed by atoms with Crippen molar-refractivity contribution in [1.29, 1.82) is 0 Å². The normalized spacial score (nSPS) is 19.8. The Labute approximate surface area is 100 Å². The standard InChI is InChI=1S/C12H15ClN2O/c1-15(10-5-2-4-9(13)8-10)12(16)11-6-3-7-14-11/h2,4-5,8,11,14H,3,6-7H2,1H3. The van der Waals surface area contributed by atoms with Crippen molar-refractivity contribution in [1.82, 2.24) is 5.32 Å². The average Bonchev–Trinajstić information content (AvgIpc) is 2.80. The molecule has 4 heteroatoms. The molecule has 1 aromatic rings. The molecule has 0 aromatic heterocycles. The average molecular weight is 239 g/mol. The number of carbonyl (C=O) groups is 1. The van der Waals surface area contributed by atoms with Crippen molar-refractivity contribution in [3.63, 3.8) is 0 Å². The molecule has 1 heterocycles. The van der Waals surface area contributed by atoms with E-state index in [2.05, 4.69) is 5.32 Å². The van der Waals surface area contributed by atoms with Gasteiger partial charge >= 0.3 is 0 Å². The second kappa shape index (κ2) is 4.85. The van der Waals surface area contributed by atoms with Gasteiger partial charge in [-0.25, -0.2) is 0 Å². The van der Waals surface area contributed by atoms with E-state index in [1.165, 1.54) is 0 Å². The Kier molecular flexibility index (Phi) is 3.46. The van der Waals surface area contributed by atoms with Gasteiger partial charge < -0.3 is 10.2 Å². The summed E-state index contributed by atoms with van der Waals surface area (Å²) in [4.78, 5) is 13.7. The van der Waals surface area contributed by atoms with Crippen LogP contribution in [0.3, 0.4) is 0 Å². The summed E-state index contributed by atoms with van der Waals surface area (Å²) in [6.45, 7) is 0.930.